The van der Waals surface area contributed by atoms with Crippen molar-refractivity contribution in [3.8, 4) is 0 Å². The molecule has 0 unspecified atom stereocenters. The van der Waals surface area contributed by atoms with E-state index in [1.807, 2.05) is 13.0 Å². The van der Waals surface area contributed by atoms with Gasteiger partial charge < -0.3 is 4.74 Å². The summed E-state index contributed by atoms with van der Waals surface area (Å²) >= 11 is 5.57. The molecule has 0 aliphatic rings. The minimum Gasteiger partial charge on any atom is -0.486 e. The van der Waals surface area contributed by atoms with E-state index < -0.39 is 0 Å². The number of hydrogen-bond donors (Lipinski definition) is 0. The summed E-state index contributed by atoms with van der Waals surface area (Å²) in [5.74, 6) is 0. The quantitative estimate of drug-likeness (QED) is 0.288. The fourth-order valence-electron chi connectivity index (χ4n) is 0.473. The summed E-state index contributed by atoms with van der Waals surface area (Å²) in [5, 5.41) is 0.0972. The number of rotatable bonds is 3. The van der Waals surface area contributed by atoms with Gasteiger partial charge in [-0.15, -0.1) is 0 Å². The van der Waals surface area contributed by atoms with Crippen LogP contribution in [-0.2, 0) is 4.74 Å². The fraction of sp³-hybridized carbons (Fsp3) is 0.250. The predicted octanol–water partition coefficient (Wildman–Crippen LogP) is 2.35. The van der Waals surface area contributed by atoms with E-state index in [9.17, 15) is 0 Å². The molecule has 0 aromatic rings. The van der Waals surface area contributed by atoms with E-state index in [4.69, 9.17) is 11.6 Å². The topological polar surface area (TPSA) is 34.0 Å². The van der Waals surface area contributed by atoms with Crippen LogP contribution in [0.25, 0.3) is 0 Å². The second-order valence-electron chi connectivity index (χ2n) is 1.84. The summed E-state index contributed by atoms with van der Waals surface area (Å²) in [7, 11) is 1.48. The lowest BCUT2D eigenvalue weighted by molar-refractivity contribution is 0.423. The molecule has 0 atom stereocenters. The molecule has 12 heavy (non-hydrogen) atoms. The monoisotopic (exact) mass is 186 g/mol. The van der Waals surface area contributed by atoms with Crippen molar-refractivity contribution in [2.75, 3.05) is 7.11 Å². The summed E-state index contributed by atoms with van der Waals surface area (Å²) in [6.07, 6.45) is 4.75. The molecule has 0 heterocycles. The zero-order chi connectivity index (χ0) is 9.40. The van der Waals surface area contributed by atoms with Crippen LogP contribution in [0.5, 0.6) is 0 Å². The van der Waals surface area contributed by atoms with Gasteiger partial charge in [0, 0.05) is 0 Å². The van der Waals surface area contributed by atoms with Gasteiger partial charge in [0.05, 0.1) is 12.8 Å². The Morgan fingerprint density at radius 2 is 2.25 bits per heavy atom. The van der Waals surface area contributed by atoms with Crippen molar-refractivity contribution in [1.29, 1.82) is 0 Å². The van der Waals surface area contributed by atoms with Crippen LogP contribution in [0, 0.1) is 0 Å². The van der Waals surface area contributed by atoms with Gasteiger partial charge in [0.25, 0.3) is 0 Å². The maximum atomic E-state index is 5.57. The minimum atomic E-state index is 0.0972. The highest BCUT2D eigenvalue weighted by molar-refractivity contribution is 6.65. The Kier molecular flexibility index (Phi) is 6.01. The van der Waals surface area contributed by atoms with E-state index in [-0.39, 0.29) is 5.29 Å². The Bertz CT molecular complexity index is 231. The Balaban J connectivity index is 4.16. The minimum absolute atomic E-state index is 0.0972. The van der Waals surface area contributed by atoms with Crippen LogP contribution in [0.3, 0.4) is 0 Å². The van der Waals surface area contributed by atoms with Crippen LogP contribution < -0.4 is 0 Å². The summed E-state index contributed by atoms with van der Waals surface area (Å²) in [6, 6.07) is 0. The molecule has 0 amide bonds. The van der Waals surface area contributed by atoms with Gasteiger partial charge in [-0.3, -0.25) is 0 Å². The molecular weight excluding hydrogens is 176 g/mol. The maximum absolute atomic E-state index is 5.57. The Morgan fingerprint density at radius 3 is 2.75 bits per heavy atom. The first-order valence-electron chi connectivity index (χ1n) is 3.31. The highest BCUT2D eigenvalue weighted by Gasteiger charge is 1.88. The van der Waals surface area contributed by atoms with E-state index in [2.05, 4.69) is 21.3 Å². The second kappa shape index (κ2) is 6.61. The lowest BCUT2D eigenvalue weighted by atomic mass is 10.4. The average molecular weight is 187 g/mol. The smallest absolute Gasteiger partial charge is 0.225 e. The zero-order valence-corrected chi connectivity index (χ0v) is 7.88. The first kappa shape index (κ1) is 10.9. The van der Waals surface area contributed by atoms with Gasteiger partial charge >= 0.3 is 0 Å². The van der Waals surface area contributed by atoms with Crippen LogP contribution in [-0.4, -0.2) is 18.8 Å². The molecule has 0 bridgehead atoms. The fourth-order valence-corrected chi connectivity index (χ4v) is 0.622. The summed E-state index contributed by atoms with van der Waals surface area (Å²) in [6.45, 7) is 5.49. The molecule has 66 valence electrons. The van der Waals surface area contributed by atoms with Crippen molar-refractivity contribution in [1.82, 2.24) is 0 Å². The number of halogens is 1. The van der Waals surface area contributed by atoms with Crippen LogP contribution in [0.15, 0.2) is 34.4 Å². The Labute approximate surface area is 77.1 Å². The summed E-state index contributed by atoms with van der Waals surface area (Å²) in [4.78, 5) is 7.47. The van der Waals surface area contributed by atoms with Crippen molar-refractivity contribution < 1.29 is 4.74 Å². The van der Waals surface area contributed by atoms with E-state index in [1.54, 1.807) is 6.08 Å². The third kappa shape index (κ3) is 5.68. The maximum Gasteiger partial charge on any atom is 0.225 e. The molecule has 0 aliphatic carbocycles. The third-order valence-corrected chi connectivity index (χ3v) is 1.04. The van der Waals surface area contributed by atoms with E-state index >= 15 is 0 Å². The number of methoxy groups -OCH3 is 1. The molecule has 0 aliphatic heterocycles. The van der Waals surface area contributed by atoms with E-state index in [0.29, 0.717) is 5.70 Å². The largest absolute Gasteiger partial charge is 0.486 e. The van der Waals surface area contributed by atoms with Gasteiger partial charge in [-0.05, 0) is 24.6 Å². The van der Waals surface area contributed by atoms with Crippen molar-refractivity contribution >= 4 is 23.3 Å². The Hall–Kier alpha value is -1.09. The first-order valence-corrected chi connectivity index (χ1v) is 3.69. The molecular formula is C8H11ClN2O. The van der Waals surface area contributed by atoms with Gasteiger partial charge in [0.1, 0.15) is 0 Å². The molecule has 0 spiro atoms. The van der Waals surface area contributed by atoms with Gasteiger partial charge in [-0.2, -0.15) is 4.99 Å². The standard InChI is InChI=1S/C8H11ClN2O/c1-4-5-7(2)11-8(9)10-6-12-3/h4-6H,2H2,1,3H3/b5-4-,10-6?,11-8?. The molecule has 0 saturated heterocycles. The number of amidine groups is 1. The normalized spacial score (nSPS) is 12.8. The molecule has 3 nitrogen and oxygen atoms in total. The van der Waals surface area contributed by atoms with Gasteiger partial charge in [0.2, 0.25) is 5.29 Å². The highest BCUT2D eigenvalue weighted by atomic mass is 35.5. The van der Waals surface area contributed by atoms with Crippen molar-refractivity contribution in [3.63, 3.8) is 0 Å². The van der Waals surface area contributed by atoms with Crippen molar-refractivity contribution in [2.24, 2.45) is 9.98 Å². The van der Waals surface area contributed by atoms with Gasteiger partial charge in [-0.25, -0.2) is 4.99 Å². The second-order valence-corrected chi connectivity index (χ2v) is 2.18. The predicted molar refractivity (Wildman–Crippen MR) is 52.7 cm³/mol. The molecule has 0 radical (unpaired) electrons. The molecule has 4 heteroatoms. The van der Waals surface area contributed by atoms with Crippen LogP contribution in [0.4, 0.5) is 0 Å². The summed E-state index contributed by atoms with van der Waals surface area (Å²) in [5.41, 5.74) is 0.552. The van der Waals surface area contributed by atoms with Crippen LogP contribution in [0.1, 0.15) is 6.92 Å². The SMILES string of the molecule is C=C(/C=C\C)N=C(Cl)N=COC. The average Bonchev–Trinajstić information content (AvgIpc) is 2.01. The zero-order valence-electron chi connectivity index (χ0n) is 7.12. The highest BCUT2D eigenvalue weighted by Crippen LogP contribution is 1.98. The number of hydrogen-bond acceptors (Lipinski definition) is 2. The first-order chi connectivity index (χ1) is 5.70. The third-order valence-electron chi connectivity index (χ3n) is 0.860. The number of allylic oxidation sites excluding steroid dienone is 2. The molecule has 0 rings (SSSR count). The number of ether oxygens (including phenoxy) is 1. The number of aliphatic imine (C=N–C) groups is 2. The van der Waals surface area contributed by atoms with Crippen molar-refractivity contribution in [3.05, 3.63) is 24.4 Å². The molecule has 0 fully saturated rings. The molecule has 0 aromatic heterocycles. The van der Waals surface area contributed by atoms with E-state index in [0.717, 1.165) is 0 Å². The molecule has 0 saturated carbocycles. The van der Waals surface area contributed by atoms with E-state index in [1.165, 1.54) is 13.5 Å². The lowest BCUT2D eigenvalue weighted by Crippen LogP contribution is -1.85. The van der Waals surface area contributed by atoms with Crippen LogP contribution >= 0.6 is 11.6 Å². The number of nitrogens with zero attached hydrogens (tertiary/aromatic N) is 2. The van der Waals surface area contributed by atoms with Crippen molar-refractivity contribution in [2.45, 2.75) is 6.92 Å². The van der Waals surface area contributed by atoms with Gasteiger partial charge in [0.15, 0.2) is 6.40 Å². The van der Waals surface area contributed by atoms with Gasteiger partial charge in [-0.1, -0.05) is 12.7 Å². The molecule has 0 aromatic carbocycles. The summed E-state index contributed by atoms with van der Waals surface area (Å²) < 4.78 is 4.55. The van der Waals surface area contributed by atoms with Crippen LogP contribution in [0.2, 0.25) is 0 Å². The lowest BCUT2D eigenvalue weighted by Gasteiger charge is -1.90. The molecule has 0 N–H and O–H groups in total. The Morgan fingerprint density at radius 1 is 1.58 bits per heavy atom.